The van der Waals surface area contributed by atoms with Gasteiger partial charge in [0.1, 0.15) is 12.4 Å². The lowest BCUT2D eigenvalue weighted by Gasteiger charge is -2.19. The van der Waals surface area contributed by atoms with Crippen molar-refractivity contribution in [2.75, 3.05) is 6.54 Å². The maximum absolute atomic E-state index is 4.78. The summed E-state index contributed by atoms with van der Waals surface area (Å²) in [6.45, 7) is 4.15. The number of benzene rings is 1. The van der Waals surface area contributed by atoms with Crippen LogP contribution in [0.25, 0.3) is 0 Å². The number of guanidine groups is 1. The molecule has 2 heterocycles. The molecule has 0 unspecified atom stereocenters. The molecule has 1 saturated carbocycles. The fourth-order valence-corrected chi connectivity index (χ4v) is 4.03. The lowest BCUT2D eigenvalue weighted by atomic mass is 9.96. The van der Waals surface area contributed by atoms with E-state index in [2.05, 4.69) is 68.7 Å². The first kappa shape index (κ1) is 22.7. The van der Waals surface area contributed by atoms with Crippen LogP contribution in [-0.4, -0.2) is 27.3 Å². The van der Waals surface area contributed by atoms with E-state index < -0.39 is 0 Å². The normalized spacial score (nSPS) is 14.8. The molecule has 0 aliphatic heterocycles. The SMILES string of the molecule is Cc1nnc(CN=C(NCc2cccs2)NCC2(Cc3ccccc3)CC2)n1C.I. The van der Waals surface area contributed by atoms with E-state index in [1.165, 1.54) is 23.3 Å². The Kier molecular flexibility index (Phi) is 7.87. The summed E-state index contributed by atoms with van der Waals surface area (Å²) in [7, 11) is 1.98. The van der Waals surface area contributed by atoms with Gasteiger partial charge in [-0.25, -0.2) is 4.99 Å². The summed E-state index contributed by atoms with van der Waals surface area (Å²) < 4.78 is 1.98. The van der Waals surface area contributed by atoms with Gasteiger partial charge >= 0.3 is 0 Å². The highest BCUT2D eigenvalue weighted by Gasteiger charge is 2.42. The van der Waals surface area contributed by atoms with Crippen molar-refractivity contribution in [3.63, 3.8) is 0 Å². The van der Waals surface area contributed by atoms with E-state index in [1.54, 1.807) is 11.3 Å². The smallest absolute Gasteiger partial charge is 0.192 e. The van der Waals surface area contributed by atoms with Crippen molar-refractivity contribution < 1.29 is 0 Å². The van der Waals surface area contributed by atoms with Crippen LogP contribution < -0.4 is 10.6 Å². The highest BCUT2D eigenvalue weighted by atomic mass is 127. The quantitative estimate of drug-likeness (QED) is 0.259. The second-order valence-corrected chi connectivity index (χ2v) is 8.87. The zero-order chi connectivity index (χ0) is 20.1. The predicted octanol–water partition coefficient (Wildman–Crippen LogP) is 4.06. The maximum atomic E-state index is 4.78. The molecule has 0 amide bonds. The van der Waals surface area contributed by atoms with Crippen LogP contribution >= 0.6 is 35.3 Å². The van der Waals surface area contributed by atoms with Crippen LogP contribution in [0.4, 0.5) is 0 Å². The molecule has 30 heavy (non-hydrogen) atoms. The molecule has 0 radical (unpaired) electrons. The summed E-state index contributed by atoms with van der Waals surface area (Å²) in [5, 5.41) is 17.5. The van der Waals surface area contributed by atoms with Gasteiger partial charge in [-0.3, -0.25) is 0 Å². The third kappa shape index (κ3) is 6.04. The minimum atomic E-state index is 0. The number of halogens is 1. The number of aliphatic imine (C=N–C) groups is 1. The van der Waals surface area contributed by atoms with Gasteiger partial charge in [-0.1, -0.05) is 36.4 Å². The Labute approximate surface area is 199 Å². The fraction of sp³-hybridized carbons (Fsp3) is 0.409. The number of thiophene rings is 1. The summed E-state index contributed by atoms with van der Waals surface area (Å²) in [6.07, 6.45) is 3.63. The van der Waals surface area contributed by atoms with Crippen LogP contribution in [0.5, 0.6) is 0 Å². The Bertz CT molecular complexity index is 947. The number of hydrogen-bond acceptors (Lipinski definition) is 4. The Morgan fingerprint density at radius 1 is 1.13 bits per heavy atom. The van der Waals surface area contributed by atoms with Crippen molar-refractivity contribution in [1.29, 1.82) is 0 Å². The number of aryl methyl sites for hydroxylation is 1. The third-order valence-electron chi connectivity index (χ3n) is 5.58. The Balaban J connectivity index is 0.00000256. The van der Waals surface area contributed by atoms with Crippen LogP contribution in [0.15, 0.2) is 52.8 Å². The summed E-state index contributed by atoms with van der Waals surface area (Å²) in [4.78, 5) is 6.07. The second kappa shape index (κ2) is 10.4. The van der Waals surface area contributed by atoms with Gasteiger partial charge in [0.05, 0.1) is 6.54 Å². The van der Waals surface area contributed by atoms with E-state index >= 15 is 0 Å². The molecule has 0 bridgehead atoms. The largest absolute Gasteiger partial charge is 0.356 e. The molecule has 2 N–H and O–H groups in total. The van der Waals surface area contributed by atoms with Gasteiger partial charge in [0.25, 0.3) is 0 Å². The molecule has 2 aromatic heterocycles. The van der Waals surface area contributed by atoms with Gasteiger partial charge in [-0.05, 0) is 48.6 Å². The monoisotopic (exact) mass is 536 g/mol. The number of aromatic nitrogens is 3. The topological polar surface area (TPSA) is 67.1 Å². The molecule has 4 rings (SSSR count). The van der Waals surface area contributed by atoms with Crippen LogP contribution in [0.1, 0.15) is 34.9 Å². The highest BCUT2D eigenvalue weighted by Crippen LogP contribution is 2.47. The Morgan fingerprint density at radius 3 is 2.57 bits per heavy atom. The average molecular weight is 536 g/mol. The molecule has 160 valence electrons. The molecule has 0 saturated heterocycles. The van der Waals surface area contributed by atoms with Crippen molar-refractivity contribution in [1.82, 2.24) is 25.4 Å². The summed E-state index contributed by atoms with van der Waals surface area (Å²) in [5.74, 6) is 2.60. The molecule has 1 aliphatic rings. The zero-order valence-electron chi connectivity index (χ0n) is 17.5. The molecule has 0 spiro atoms. The molecule has 1 fully saturated rings. The van der Waals surface area contributed by atoms with Gasteiger partial charge < -0.3 is 15.2 Å². The van der Waals surface area contributed by atoms with Crippen molar-refractivity contribution >= 4 is 41.3 Å². The van der Waals surface area contributed by atoms with E-state index in [9.17, 15) is 0 Å². The molecular formula is C22H29IN6S. The molecule has 0 atom stereocenters. The first-order valence-corrected chi connectivity index (χ1v) is 10.9. The number of nitrogens with zero attached hydrogens (tertiary/aromatic N) is 4. The standard InChI is InChI=1S/C22H28N6S.HI/c1-17-26-27-20(28(17)2)15-24-21(23-14-19-9-6-12-29-19)25-16-22(10-11-22)13-18-7-4-3-5-8-18;/h3-9,12H,10-11,13-16H2,1-2H3,(H2,23,24,25);1H. The van der Waals surface area contributed by atoms with E-state index in [0.29, 0.717) is 12.0 Å². The first-order valence-electron chi connectivity index (χ1n) is 10.1. The number of nitrogens with one attached hydrogen (secondary N) is 2. The zero-order valence-corrected chi connectivity index (χ0v) is 20.6. The average Bonchev–Trinajstić information content (AvgIpc) is 3.14. The summed E-state index contributed by atoms with van der Waals surface area (Å²) in [6, 6.07) is 15.0. The van der Waals surface area contributed by atoms with Gasteiger partial charge in [0.15, 0.2) is 11.8 Å². The predicted molar refractivity (Wildman–Crippen MR) is 133 cm³/mol. The number of rotatable bonds is 8. The van der Waals surface area contributed by atoms with Gasteiger partial charge in [-0.2, -0.15) is 0 Å². The minimum Gasteiger partial charge on any atom is -0.356 e. The summed E-state index contributed by atoms with van der Waals surface area (Å²) >= 11 is 1.75. The van der Waals surface area contributed by atoms with Gasteiger partial charge in [0.2, 0.25) is 0 Å². The van der Waals surface area contributed by atoms with E-state index in [-0.39, 0.29) is 24.0 Å². The van der Waals surface area contributed by atoms with E-state index in [0.717, 1.165) is 37.1 Å². The third-order valence-corrected chi connectivity index (χ3v) is 6.46. The van der Waals surface area contributed by atoms with Crippen molar-refractivity contribution in [2.24, 2.45) is 17.5 Å². The van der Waals surface area contributed by atoms with E-state index in [1.807, 2.05) is 18.5 Å². The molecule has 1 aliphatic carbocycles. The van der Waals surface area contributed by atoms with Crippen molar-refractivity contribution in [3.8, 4) is 0 Å². The van der Waals surface area contributed by atoms with Crippen molar-refractivity contribution in [3.05, 3.63) is 69.9 Å². The first-order chi connectivity index (χ1) is 14.1. The fourth-order valence-electron chi connectivity index (χ4n) is 3.39. The number of hydrogen-bond donors (Lipinski definition) is 2. The van der Waals surface area contributed by atoms with Gasteiger partial charge in [-0.15, -0.1) is 45.5 Å². The maximum Gasteiger partial charge on any atom is 0.192 e. The van der Waals surface area contributed by atoms with Crippen molar-refractivity contribution in [2.45, 2.75) is 39.3 Å². The van der Waals surface area contributed by atoms with Gasteiger partial charge in [0, 0.05) is 18.5 Å². The van der Waals surface area contributed by atoms with Crippen LogP contribution in [-0.2, 0) is 26.6 Å². The van der Waals surface area contributed by atoms with E-state index in [4.69, 9.17) is 4.99 Å². The van der Waals surface area contributed by atoms with Crippen LogP contribution in [0.3, 0.4) is 0 Å². The highest BCUT2D eigenvalue weighted by molar-refractivity contribution is 14.0. The Morgan fingerprint density at radius 2 is 1.93 bits per heavy atom. The Hall–Kier alpha value is -1.94. The molecule has 8 heteroatoms. The molecule has 3 aromatic rings. The lowest BCUT2D eigenvalue weighted by molar-refractivity contribution is 0.492. The molecule has 1 aromatic carbocycles. The summed E-state index contributed by atoms with van der Waals surface area (Å²) in [5.41, 5.74) is 1.75. The molecular weight excluding hydrogens is 507 g/mol. The lowest BCUT2D eigenvalue weighted by Crippen LogP contribution is -2.40. The van der Waals surface area contributed by atoms with Crippen LogP contribution in [0.2, 0.25) is 0 Å². The van der Waals surface area contributed by atoms with Crippen LogP contribution in [0, 0.1) is 12.3 Å². The minimum absolute atomic E-state index is 0. The second-order valence-electron chi connectivity index (χ2n) is 7.84. The molecule has 6 nitrogen and oxygen atoms in total.